The summed E-state index contributed by atoms with van der Waals surface area (Å²) in [6.45, 7) is 4.33. The zero-order valence-electron chi connectivity index (χ0n) is 12.6. The molecule has 0 atom stereocenters. The van der Waals surface area contributed by atoms with Gasteiger partial charge in [-0.3, -0.25) is 9.69 Å². The van der Waals surface area contributed by atoms with Crippen LogP contribution in [0.1, 0.15) is 42.6 Å². The first-order chi connectivity index (χ1) is 10.3. The van der Waals surface area contributed by atoms with Gasteiger partial charge in [0.15, 0.2) is 0 Å². The van der Waals surface area contributed by atoms with Crippen molar-refractivity contribution in [2.45, 2.75) is 37.6 Å². The lowest BCUT2D eigenvalue weighted by molar-refractivity contribution is -0.0361. The smallest absolute Gasteiger partial charge is 0.267 e. The van der Waals surface area contributed by atoms with E-state index in [0.29, 0.717) is 5.69 Å². The van der Waals surface area contributed by atoms with E-state index in [9.17, 15) is 4.79 Å². The van der Waals surface area contributed by atoms with Crippen LogP contribution in [0.4, 0.5) is 0 Å². The number of H-pyrrole nitrogens is 1. The average Bonchev–Trinajstić information content (AvgIpc) is 3.09. The van der Waals surface area contributed by atoms with Crippen LogP contribution < -0.4 is 5.32 Å². The summed E-state index contributed by atoms with van der Waals surface area (Å²) in [6.07, 6.45) is 7.98. The molecule has 0 radical (unpaired) electrons. The Morgan fingerprint density at radius 1 is 1.29 bits per heavy atom. The van der Waals surface area contributed by atoms with Crippen molar-refractivity contribution in [3.05, 3.63) is 24.0 Å². The molecule has 0 unspecified atom stereocenters. The van der Waals surface area contributed by atoms with Gasteiger partial charge in [0.2, 0.25) is 0 Å². The maximum atomic E-state index is 12.2. The number of amides is 1. The third-order valence-electron chi connectivity index (χ3n) is 4.89. The Hall–Kier alpha value is -1.33. The lowest BCUT2D eigenvalue weighted by Crippen LogP contribution is -2.59. The molecule has 1 saturated heterocycles. The highest BCUT2D eigenvalue weighted by Crippen LogP contribution is 2.33. The molecule has 1 saturated carbocycles. The highest BCUT2D eigenvalue weighted by Gasteiger charge is 2.38. The van der Waals surface area contributed by atoms with Crippen molar-refractivity contribution >= 4 is 5.91 Å². The SMILES string of the molecule is O=C(NCC1(N2CCOCC2)CCCCC1)c1ccc[nH]1. The van der Waals surface area contributed by atoms with Gasteiger partial charge in [0.25, 0.3) is 5.91 Å². The summed E-state index contributed by atoms with van der Waals surface area (Å²) in [7, 11) is 0. The van der Waals surface area contributed by atoms with Crippen LogP contribution >= 0.6 is 0 Å². The fourth-order valence-electron chi connectivity index (χ4n) is 3.66. The van der Waals surface area contributed by atoms with Gasteiger partial charge in [-0.15, -0.1) is 0 Å². The molecule has 2 aliphatic rings. The summed E-state index contributed by atoms with van der Waals surface area (Å²) in [5.41, 5.74) is 0.771. The molecule has 5 nitrogen and oxygen atoms in total. The van der Waals surface area contributed by atoms with E-state index >= 15 is 0 Å². The van der Waals surface area contributed by atoms with Crippen molar-refractivity contribution in [2.75, 3.05) is 32.8 Å². The summed E-state index contributed by atoms with van der Waals surface area (Å²) < 4.78 is 5.49. The normalized spacial score (nSPS) is 22.9. The molecule has 116 valence electrons. The number of carbonyl (C=O) groups is 1. The van der Waals surface area contributed by atoms with Gasteiger partial charge >= 0.3 is 0 Å². The number of nitrogens with one attached hydrogen (secondary N) is 2. The quantitative estimate of drug-likeness (QED) is 0.889. The van der Waals surface area contributed by atoms with E-state index in [-0.39, 0.29) is 11.4 Å². The van der Waals surface area contributed by atoms with E-state index in [4.69, 9.17) is 4.74 Å². The molecule has 0 aromatic carbocycles. The van der Waals surface area contributed by atoms with E-state index in [1.54, 1.807) is 6.20 Å². The van der Waals surface area contributed by atoms with Gasteiger partial charge in [0.05, 0.1) is 13.2 Å². The molecule has 2 N–H and O–H groups in total. The summed E-state index contributed by atoms with van der Waals surface area (Å²) in [4.78, 5) is 17.7. The number of carbonyl (C=O) groups excluding carboxylic acids is 1. The number of nitrogens with zero attached hydrogens (tertiary/aromatic N) is 1. The van der Waals surface area contributed by atoms with Crippen LogP contribution in [0.5, 0.6) is 0 Å². The minimum absolute atomic E-state index is 0.00166. The lowest BCUT2D eigenvalue weighted by atomic mass is 9.79. The fraction of sp³-hybridized carbons (Fsp3) is 0.688. The van der Waals surface area contributed by atoms with Crippen LogP contribution in [0.25, 0.3) is 0 Å². The third kappa shape index (κ3) is 3.30. The van der Waals surface area contributed by atoms with E-state index < -0.39 is 0 Å². The molecule has 1 aromatic heterocycles. The highest BCUT2D eigenvalue weighted by molar-refractivity contribution is 5.92. The molecule has 1 amide bonds. The molecule has 1 aliphatic heterocycles. The number of aromatic amines is 1. The van der Waals surface area contributed by atoms with Gasteiger partial charge in [-0.2, -0.15) is 0 Å². The first-order valence-electron chi connectivity index (χ1n) is 8.05. The monoisotopic (exact) mass is 291 g/mol. The van der Waals surface area contributed by atoms with Crippen molar-refractivity contribution in [1.82, 2.24) is 15.2 Å². The Balaban J connectivity index is 1.65. The largest absolute Gasteiger partial charge is 0.379 e. The third-order valence-corrected chi connectivity index (χ3v) is 4.89. The van der Waals surface area contributed by atoms with Gasteiger partial charge in [-0.1, -0.05) is 19.3 Å². The minimum Gasteiger partial charge on any atom is -0.379 e. The van der Waals surface area contributed by atoms with Gasteiger partial charge in [0, 0.05) is 31.4 Å². The molecule has 0 spiro atoms. The Bertz CT molecular complexity index is 446. The summed E-state index contributed by atoms with van der Waals surface area (Å²) >= 11 is 0. The van der Waals surface area contributed by atoms with Crippen LogP contribution in [-0.2, 0) is 4.74 Å². The Morgan fingerprint density at radius 3 is 2.71 bits per heavy atom. The second kappa shape index (κ2) is 6.62. The Kier molecular flexibility index (Phi) is 4.60. The van der Waals surface area contributed by atoms with Crippen molar-refractivity contribution < 1.29 is 9.53 Å². The second-order valence-electron chi connectivity index (χ2n) is 6.15. The number of morpholine rings is 1. The molecular formula is C16H25N3O2. The average molecular weight is 291 g/mol. The van der Waals surface area contributed by atoms with Crippen molar-refractivity contribution in [2.24, 2.45) is 0 Å². The van der Waals surface area contributed by atoms with E-state index in [1.165, 1.54) is 32.1 Å². The van der Waals surface area contributed by atoms with Gasteiger partial charge < -0.3 is 15.0 Å². The Labute approximate surface area is 126 Å². The zero-order chi connectivity index (χ0) is 14.5. The molecular weight excluding hydrogens is 266 g/mol. The van der Waals surface area contributed by atoms with Crippen LogP contribution in [-0.4, -0.2) is 54.2 Å². The predicted octanol–water partition coefficient (Wildman–Crippen LogP) is 1.78. The first kappa shape index (κ1) is 14.6. The Morgan fingerprint density at radius 2 is 2.05 bits per heavy atom. The summed E-state index contributed by atoms with van der Waals surface area (Å²) in [6, 6.07) is 3.67. The summed E-state index contributed by atoms with van der Waals surface area (Å²) in [5.74, 6) is -0.00166. The van der Waals surface area contributed by atoms with E-state index in [2.05, 4.69) is 15.2 Å². The van der Waals surface area contributed by atoms with Gasteiger partial charge in [-0.05, 0) is 25.0 Å². The van der Waals surface area contributed by atoms with E-state index in [0.717, 1.165) is 32.8 Å². The van der Waals surface area contributed by atoms with E-state index in [1.807, 2.05) is 12.1 Å². The molecule has 21 heavy (non-hydrogen) atoms. The highest BCUT2D eigenvalue weighted by atomic mass is 16.5. The fourth-order valence-corrected chi connectivity index (χ4v) is 3.66. The van der Waals surface area contributed by atoms with Crippen molar-refractivity contribution in [1.29, 1.82) is 0 Å². The molecule has 0 bridgehead atoms. The molecule has 1 aromatic rings. The number of aromatic nitrogens is 1. The number of hydrogen-bond acceptors (Lipinski definition) is 3. The van der Waals surface area contributed by atoms with Crippen LogP contribution in [0, 0.1) is 0 Å². The maximum absolute atomic E-state index is 12.2. The number of rotatable bonds is 4. The van der Waals surface area contributed by atoms with Crippen LogP contribution in [0.2, 0.25) is 0 Å². The zero-order valence-corrected chi connectivity index (χ0v) is 12.6. The maximum Gasteiger partial charge on any atom is 0.267 e. The topological polar surface area (TPSA) is 57.4 Å². The molecule has 3 rings (SSSR count). The molecule has 1 aliphatic carbocycles. The second-order valence-corrected chi connectivity index (χ2v) is 6.15. The molecule has 5 heteroatoms. The van der Waals surface area contributed by atoms with Crippen molar-refractivity contribution in [3.63, 3.8) is 0 Å². The molecule has 2 fully saturated rings. The number of hydrogen-bond donors (Lipinski definition) is 2. The summed E-state index contributed by atoms with van der Waals surface area (Å²) in [5, 5.41) is 3.14. The van der Waals surface area contributed by atoms with Crippen molar-refractivity contribution in [3.8, 4) is 0 Å². The molecule has 2 heterocycles. The van der Waals surface area contributed by atoms with Gasteiger partial charge in [0.1, 0.15) is 5.69 Å². The van der Waals surface area contributed by atoms with Crippen LogP contribution in [0.15, 0.2) is 18.3 Å². The standard InChI is InChI=1S/C16H25N3O2/c20-15(14-5-4-8-17-14)18-13-16(6-2-1-3-7-16)19-9-11-21-12-10-19/h4-5,8,17H,1-3,6-7,9-13H2,(H,18,20). The lowest BCUT2D eigenvalue weighted by Gasteiger charge is -2.48. The van der Waals surface area contributed by atoms with Crippen LogP contribution in [0.3, 0.4) is 0 Å². The first-order valence-corrected chi connectivity index (χ1v) is 8.05. The minimum atomic E-state index is -0.00166. The predicted molar refractivity (Wildman–Crippen MR) is 81.3 cm³/mol. The van der Waals surface area contributed by atoms with Gasteiger partial charge in [-0.25, -0.2) is 0 Å². The number of ether oxygens (including phenoxy) is 1.